The molecule has 0 aromatic carbocycles. The van der Waals surface area contributed by atoms with Crippen molar-refractivity contribution >= 4 is 25.0 Å². The molecule has 11 heteroatoms. The summed E-state index contributed by atoms with van der Waals surface area (Å²) in [5.41, 5.74) is -0.840. The molecule has 0 aromatic rings. The molecule has 2 saturated heterocycles. The van der Waals surface area contributed by atoms with E-state index in [1.54, 1.807) is 25.7 Å². The van der Waals surface area contributed by atoms with E-state index in [9.17, 15) is 14.4 Å². The van der Waals surface area contributed by atoms with Gasteiger partial charge in [-0.15, -0.1) is 5.92 Å². The minimum atomic E-state index is -0.840. The fraction of sp³-hybridized carbons (Fsp3) is 0.759. The predicted octanol–water partition coefficient (Wildman–Crippen LogP) is 3.48. The summed E-state index contributed by atoms with van der Waals surface area (Å²) < 4.78 is 18.5. The number of hydrogen-bond acceptors (Lipinski definition) is 6. The number of nitrogens with zero attached hydrogens (tertiary/aromatic N) is 1. The first-order valence-electron chi connectivity index (χ1n) is 14.1. The maximum Gasteiger partial charge on any atom is 0.482 e. The van der Waals surface area contributed by atoms with Crippen LogP contribution in [0, 0.1) is 37.5 Å². The zero-order valence-electron chi connectivity index (χ0n) is 25.2. The zero-order chi connectivity index (χ0) is 27.6. The smallest absolute Gasteiger partial charge is 0.444 e. The summed E-state index contributed by atoms with van der Waals surface area (Å²) in [4.78, 5) is 41.2. The van der Waals surface area contributed by atoms with Crippen molar-refractivity contribution < 1.29 is 61.1 Å². The van der Waals surface area contributed by atoms with E-state index in [1.807, 2.05) is 12.2 Å². The van der Waals surface area contributed by atoms with Gasteiger partial charge in [0.2, 0.25) is 11.8 Å². The van der Waals surface area contributed by atoms with E-state index in [1.165, 1.54) is 0 Å². The van der Waals surface area contributed by atoms with Crippen LogP contribution in [0.3, 0.4) is 0 Å². The van der Waals surface area contributed by atoms with Crippen molar-refractivity contribution in [2.24, 2.45) is 23.2 Å². The first-order chi connectivity index (χ1) is 17.7. The van der Waals surface area contributed by atoms with Gasteiger partial charge in [-0.25, -0.2) is 4.79 Å². The van der Waals surface area contributed by atoms with Crippen molar-refractivity contribution in [2.45, 2.75) is 109 Å². The van der Waals surface area contributed by atoms with Gasteiger partial charge in [0.25, 0.3) is 0 Å². The molecule has 0 aromatic heterocycles. The van der Waals surface area contributed by atoms with Crippen molar-refractivity contribution in [3.05, 3.63) is 26.5 Å². The molecule has 9 nitrogen and oxygen atoms in total. The Morgan fingerprint density at radius 2 is 1.85 bits per heavy atom. The predicted molar refractivity (Wildman–Crippen MR) is 149 cm³/mol. The topological polar surface area (TPSA) is 106 Å². The molecular weight excluding hydrogens is 586 g/mol. The number of ether oxygens (including phenoxy) is 1. The van der Waals surface area contributed by atoms with Gasteiger partial charge in [-0.3, -0.25) is 9.59 Å². The fourth-order valence-corrected chi connectivity index (χ4v) is 7.35. The molecule has 1 radical (unpaired) electrons. The molecule has 8 atom stereocenters. The third-order valence-corrected chi connectivity index (χ3v) is 9.52. The van der Waals surface area contributed by atoms with E-state index in [0.29, 0.717) is 31.2 Å². The first kappa shape index (κ1) is 33.5. The van der Waals surface area contributed by atoms with Crippen LogP contribution < -0.4 is 10.6 Å². The average molecular weight is 632 g/mol. The molecular formula is C29H46BN3O6Y-2. The van der Waals surface area contributed by atoms with E-state index in [2.05, 4.69) is 38.3 Å². The van der Waals surface area contributed by atoms with Crippen LogP contribution in [0.2, 0.25) is 0 Å². The van der Waals surface area contributed by atoms with E-state index >= 15 is 0 Å². The minimum absolute atomic E-state index is 0. The number of rotatable bonds is 2. The van der Waals surface area contributed by atoms with E-state index in [4.69, 9.17) is 14.0 Å². The molecule has 8 unspecified atom stereocenters. The fourth-order valence-electron chi connectivity index (χ4n) is 7.35. The molecule has 5 fully saturated rings. The molecule has 3 heterocycles. The maximum absolute atomic E-state index is 13.6. The summed E-state index contributed by atoms with van der Waals surface area (Å²) in [6, 6.07) is -1.51. The molecule has 2 bridgehead atoms. The molecule has 3 aliphatic carbocycles. The third-order valence-electron chi connectivity index (χ3n) is 9.52. The number of amides is 3. The normalized spacial score (nSPS) is 38.4. The summed E-state index contributed by atoms with van der Waals surface area (Å²) in [6.07, 6.45) is 6.53. The van der Waals surface area contributed by atoms with Crippen molar-refractivity contribution in [3.63, 3.8) is 0 Å². The Bertz CT molecular complexity index is 1020. The number of nitrogens with one attached hydrogen (secondary N) is 2. The summed E-state index contributed by atoms with van der Waals surface area (Å²) in [5, 5.41) is 5.88. The SMILES string of the molecule is [CH2-]C1CC2C(=O)NC(B3OC4CC5CC(C5(C)C)C4(C)O3)CC=CCC(NC(=O)OC(C)(C)C)C(=O)N2C1.[CH3-].[Y]. The molecule has 6 aliphatic rings. The monoisotopic (exact) mass is 632 g/mol. The van der Waals surface area contributed by atoms with Gasteiger partial charge in [0.1, 0.15) is 17.7 Å². The van der Waals surface area contributed by atoms with Gasteiger partial charge in [-0.2, -0.15) is 0 Å². The van der Waals surface area contributed by atoms with Crippen LogP contribution in [-0.4, -0.2) is 71.8 Å². The molecule has 2 N–H and O–H groups in total. The van der Waals surface area contributed by atoms with Gasteiger partial charge in [0.05, 0.1) is 17.6 Å². The quantitative estimate of drug-likeness (QED) is 0.275. The maximum atomic E-state index is 13.6. The molecule has 3 saturated carbocycles. The zero-order valence-corrected chi connectivity index (χ0v) is 28.0. The van der Waals surface area contributed by atoms with E-state index in [-0.39, 0.29) is 81.4 Å². The van der Waals surface area contributed by atoms with Crippen molar-refractivity contribution in [2.75, 3.05) is 6.54 Å². The van der Waals surface area contributed by atoms with Gasteiger partial charge in [0.15, 0.2) is 0 Å². The molecule has 221 valence electrons. The van der Waals surface area contributed by atoms with E-state index in [0.717, 1.165) is 12.8 Å². The number of fused-ring (bicyclic) bond motifs is 1. The number of carbonyl (C=O) groups is 3. The van der Waals surface area contributed by atoms with E-state index < -0.39 is 36.8 Å². The molecule has 6 rings (SSSR count). The summed E-state index contributed by atoms with van der Waals surface area (Å²) in [7, 11) is -0.564. The molecule has 3 aliphatic heterocycles. The summed E-state index contributed by atoms with van der Waals surface area (Å²) >= 11 is 0. The van der Waals surface area contributed by atoms with Gasteiger partial charge < -0.3 is 43.9 Å². The number of carbonyl (C=O) groups excluding carboxylic acids is 3. The van der Waals surface area contributed by atoms with Crippen LogP contribution in [0.15, 0.2) is 12.2 Å². The first-order valence-corrected chi connectivity index (χ1v) is 14.1. The second-order valence-corrected chi connectivity index (χ2v) is 13.7. The van der Waals surface area contributed by atoms with Crippen LogP contribution in [0.5, 0.6) is 0 Å². The second-order valence-electron chi connectivity index (χ2n) is 13.7. The molecule has 40 heavy (non-hydrogen) atoms. The summed E-state index contributed by atoms with van der Waals surface area (Å²) in [5.74, 6) is 0.0433. The van der Waals surface area contributed by atoms with Crippen LogP contribution in [0.25, 0.3) is 0 Å². The number of hydrogen-bond donors (Lipinski definition) is 2. The van der Waals surface area contributed by atoms with Gasteiger partial charge in [-0.05, 0) is 83.6 Å². The Kier molecular flexibility index (Phi) is 10.0. The van der Waals surface area contributed by atoms with Crippen LogP contribution in [0.1, 0.15) is 73.6 Å². The standard InChI is InChI=1S/C28H43BN3O6.CH3.Y/c1-16-12-19-23(33)31-22(29-37-21-14-17-13-20(27(17,5)6)28(21,7)38-29)11-9-8-10-18(24(34)32(19)15-16)30-25(35)36-26(2,3)4;;/h8-9,16-22H,1,10-15H2,2-7H3,(H,30,35)(H,31,33);1H3;/q2*-1;. The largest absolute Gasteiger partial charge is 0.482 e. The number of alkyl carbamates (subject to hydrolysis) is 1. The van der Waals surface area contributed by atoms with Crippen LogP contribution in [-0.2, 0) is 56.3 Å². The van der Waals surface area contributed by atoms with Crippen LogP contribution in [0.4, 0.5) is 4.79 Å². The van der Waals surface area contributed by atoms with Crippen molar-refractivity contribution in [3.8, 4) is 0 Å². The van der Waals surface area contributed by atoms with Gasteiger partial charge >= 0.3 is 13.2 Å². The average Bonchev–Trinajstić information content (AvgIpc) is 3.36. The Labute approximate surface area is 265 Å². The van der Waals surface area contributed by atoms with Gasteiger partial charge in [-0.1, -0.05) is 26.0 Å². The van der Waals surface area contributed by atoms with Crippen molar-refractivity contribution in [1.29, 1.82) is 0 Å². The molecule has 0 spiro atoms. The third kappa shape index (κ3) is 6.21. The molecule has 3 amide bonds. The Balaban J connectivity index is 0.00000220. The minimum Gasteiger partial charge on any atom is -0.444 e. The van der Waals surface area contributed by atoms with Crippen LogP contribution >= 0.6 is 0 Å². The summed E-state index contributed by atoms with van der Waals surface area (Å²) in [6.45, 7) is 16.6. The second kappa shape index (κ2) is 12.0. The Morgan fingerprint density at radius 3 is 2.50 bits per heavy atom. The Morgan fingerprint density at radius 1 is 1.18 bits per heavy atom. The Hall–Kier alpha value is -0.961. The van der Waals surface area contributed by atoms with Gasteiger partial charge in [0, 0.05) is 32.7 Å². The van der Waals surface area contributed by atoms with Crippen molar-refractivity contribution in [1.82, 2.24) is 15.5 Å².